The van der Waals surface area contributed by atoms with Crippen LogP contribution in [0.4, 0.5) is 0 Å². The first kappa shape index (κ1) is 12.6. The minimum atomic E-state index is -3.44. The Balaban J connectivity index is 4.26. The van der Waals surface area contributed by atoms with Gasteiger partial charge in [-0.1, -0.05) is 13.8 Å². The molecule has 0 aliphatic carbocycles. The Morgan fingerprint density at radius 2 is 1.85 bits per heavy atom. The van der Waals surface area contributed by atoms with Crippen LogP contribution >= 0.6 is 0 Å². The smallest absolute Gasteiger partial charge is 0.267 e. The van der Waals surface area contributed by atoms with Crippen molar-refractivity contribution < 1.29 is 17.4 Å². The normalized spacial score (nSPS) is 12.9. The van der Waals surface area contributed by atoms with Gasteiger partial charge in [-0.05, 0) is 13.8 Å². The first-order valence-electron chi connectivity index (χ1n) is 4.09. The van der Waals surface area contributed by atoms with E-state index < -0.39 is 15.5 Å². The second-order valence-electron chi connectivity index (χ2n) is 3.55. The van der Waals surface area contributed by atoms with Crippen molar-refractivity contribution in [2.75, 3.05) is 12.4 Å². The molecule has 0 saturated heterocycles. The fourth-order valence-electron chi connectivity index (χ4n) is 0.422. The lowest BCUT2D eigenvalue weighted by Gasteiger charge is -2.19. The Kier molecular flexibility index (Phi) is 4.06. The average Bonchev–Trinajstić information content (AvgIpc) is 2.01. The van der Waals surface area contributed by atoms with Crippen LogP contribution in [0.15, 0.2) is 0 Å². The number of carbonyl (C=O) groups excluding carboxylic acids is 1. The van der Waals surface area contributed by atoms with E-state index in [0.717, 1.165) is 0 Å². The highest BCUT2D eigenvalue weighted by Crippen LogP contribution is 2.17. The van der Waals surface area contributed by atoms with Gasteiger partial charge in [0.2, 0.25) is 0 Å². The van der Waals surface area contributed by atoms with Crippen LogP contribution in [0.2, 0.25) is 0 Å². The van der Waals surface area contributed by atoms with Gasteiger partial charge in [-0.25, -0.2) is 0 Å². The van der Waals surface area contributed by atoms with E-state index in [0.29, 0.717) is 0 Å². The second kappa shape index (κ2) is 4.19. The molecule has 0 rings (SSSR count). The molecule has 0 heterocycles. The lowest BCUT2D eigenvalue weighted by Crippen LogP contribution is -2.29. The molecule has 0 amide bonds. The Hall–Kier alpha value is -0.420. The van der Waals surface area contributed by atoms with Crippen molar-refractivity contribution in [1.29, 1.82) is 0 Å². The van der Waals surface area contributed by atoms with Crippen molar-refractivity contribution in [1.82, 2.24) is 0 Å². The zero-order valence-electron chi connectivity index (χ0n) is 8.46. The molecule has 5 heteroatoms. The Morgan fingerprint density at radius 1 is 1.38 bits per heavy atom. The van der Waals surface area contributed by atoms with E-state index in [1.54, 1.807) is 13.8 Å². The van der Waals surface area contributed by atoms with Gasteiger partial charge in [0.05, 0.1) is 12.4 Å². The molecule has 0 unspecified atom stereocenters. The molecular weight excluding hydrogens is 192 g/mol. The number of hydrogen-bond acceptors (Lipinski definition) is 4. The topological polar surface area (TPSA) is 60.4 Å². The van der Waals surface area contributed by atoms with Crippen LogP contribution in [0.1, 0.15) is 27.7 Å². The molecule has 0 bridgehead atoms. The monoisotopic (exact) mass is 208 g/mol. The second-order valence-corrected chi connectivity index (χ2v) is 5.48. The van der Waals surface area contributed by atoms with Gasteiger partial charge in [0.15, 0.2) is 0 Å². The summed E-state index contributed by atoms with van der Waals surface area (Å²) in [5.41, 5.74) is -0.734. The van der Waals surface area contributed by atoms with Gasteiger partial charge in [0, 0.05) is 5.41 Å². The van der Waals surface area contributed by atoms with Crippen LogP contribution in [0.25, 0.3) is 0 Å². The molecule has 0 saturated carbocycles. The van der Waals surface area contributed by atoms with Gasteiger partial charge in [0.25, 0.3) is 10.1 Å². The summed E-state index contributed by atoms with van der Waals surface area (Å²) in [6, 6.07) is 0. The quantitative estimate of drug-likeness (QED) is 0.631. The molecule has 0 atom stereocenters. The van der Waals surface area contributed by atoms with Crippen LogP contribution in [0.5, 0.6) is 0 Å². The maximum Gasteiger partial charge on any atom is 0.267 e. The molecule has 0 aromatic carbocycles. The van der Waals surface area contributed by atoms with Crippen molar-refractivity contribution in [3.63, 3.8) is 0 Å². The third kappa shape index (κ3) is 4.38. The van der Waals surface area contributed by atoms with Crippen LogP contribution in [0, 0.1) is 5.41 Å². The van der Waals surface area contributed by atoms with Crippen molar-refractivity contribution in [2.24, 2.45) is 5.41 Å². The summed E-state index contributed by atoms with van der Waals surface area (Å²) >= 11 is 0. The van der Waals surface area contributed by atoms with Crippen molar-refractivity contribution in [3.05, 3.63) is 0 Å². The molecule has 0 aromatic rings. The predicted octanol–water partition coefficient (Wildman–Crippen LogP) is 0.968. The van der Waals surface area contributed by atoms with E-state index in [9.17, 15) is 13.2 Å². The molecule has 0 aromatic heterocycles. The largest absolute Gasteiger partial charge is 0.299 e. The lowest BCUT2D eigenvalue weighted by molar-refractivity contribution is -0.126. The van der Waals surface area contributed by atoms with Crippen LogP contribution in [-0.2, 0) is 19.1 Å². The fraction of sp³-hybridized carbons (Fsp3) is 0.875. The Labute approximate surface area is 79.4 Å². The number of ketones is 1. The van der Waals surface area contributed by atoms with E-state index in [4.69, 9.17) is 0 Å². The van der Waals surface area contributed by atoms with Gasteiger partial charge in [0.1, 0.15) is 5.78 Å². The highest BCUT2D eigenvalue weighted by molar-refractivity contribution is 7.86. The minimum Gasteiger partial charge on any atom is -0.299 e. The molecule has 0 spiro atoms. The third-order valence-electron chi connectivity index (χ3n) is 1.91. The van der Waals surface area contributed by atoms with Crippen molar-refractivity contribution in [2.45, 2.75) is 27.7 Å². The van der Waals surface area contributed by atoms with E-state index in [2.05, 4.69) is 4.18 Å². The standard InChI is InChI=1S/C8H16O4S/c1-5-13(10,11)12-6-8(3,4)7(2)9/h5-6H2,1-4H3. The maximum atomic E-state index is 11.0. The minimum absolute atomic E-state index is 0.0685. The van der Waals surface area contributed by atoms with Crippen molar-refractivity contribution in [3.8, 4) is 0 Å². The zero-order chi connectivity index (χ0) is 10.7. The Morgan fingerprint density at radius 3 is 2.15 bits per heavy atom. The SMILES string of the molecule is CCS(=O)(=O)OCC(C)(C)C(C)=O. The van der Waals surface area contributed by atoms with E-state index in [-0.39, 0.29) is 18.1 Å². The summed E-state index contributed by atoms with van der Waals surface area (Å²) in [5, 5.41) is 0. The molecule has 0 radical (unpaired) electrons. The first-order valence-corrected chi connectivity index (χ1v) is 5.67. The highest BCUT2D eigenvalue weighted by atomic mass is 32.2. The molecule has 78 valence electrons. The van der Waals surface area contributed by atoms with Crippen molar-refractivity contribution >= 4 is 15.9 Å². The highest BCUT2D eigenvalue weighted by Gasteiger charge is 2.26. The fourth-order valence-corrected chi connectivity index (χ4v) is 1.06. The van der Waals surface area contributed by atoms with Crippen LogP contribution in [-0.4, -0.2) is 26.6 Å². The number of hydrogen-bond donors (Lipinski definition) is 0. The predicted molar refractivity (Wildman–Crippen MR) is 49.9 cm³/mol. The molecular formula is C8H16O4S. The molecule has 13 heavy (non-hydrogen) atoms. The molecule has 0 N–H and O–H groups in total. The molecule has 0 fully saturated rings. The molecule has 0 aliphatic heterocycles. The summed E-state index contributed by atoms with van der Waals surface area (Å²) in [7, 11) is -3.44. The molecule has 4 nitrogen and oxygen atoms in total. The third-order valence-corrected chi connectivity index (χ3v) is 3.09. The van der Waals surface area contributed by atoms with E-state index >= 15 is 0 Å². The summed E-state index contributed by atoms with van der Waals surface area (Å²) < 4.78 is 26.5. The van der Waals surface area contributed by atoms with Crippen LogP contribution in [0.3, 0.4) is 0 Å². The van der Waals surface area contributed by atoms with Gasteiger partial charge in [-0.2, -0.15) is 8.42 Å². The summed E-state index contributed by atoms with van der Waals surface area (Å²) in [6.45, 7) is 6.14. The lowest BCUT2D eigenvalue weighted by atomic mass is 9.90. The number of rotatable bonds is 5. The van der Waals surface area contributed by atoms with E-state index in [1.165, 1.54) is 13.8 Å². The summed E-state index contributed by atoms with van der Waals surface area (Å²) in [5.74, 6) is -0.153. The first-order chi connectivity index (χ1) is 5.71. The average molecular weight is 208 g/mol. The zero-order valence-corrected chi connectivity index (χ0v) is 9.27. The van der Waals surface area contributed by atoms with Gasteiger partial charge in [-0.15, -0.1) is 0 Å². The summed E-state index contributed by atoms with van der Waals surface area (Å²) in [6.07, 6.45) is 0. The Bertz CT molecular complexity index is 277. The maximum absolute atomic E-state index is 11.0. The molecule has 0 aliphatic rings. The number of Topliss-reactive ketones (excluding diaryl/α,β-unsaturated/α-hetero) is 1. The van der Waals surface area contributed by atoms with Crippen LogP contribution < -0.4 is 0 Å². The van der Waals surface area contributed by atoms with Gasteiger partial charge in [-0.3, -0.25) is 8.98 Å². The van der Waals surface area contributed by atoms with Gasteiger partial charge < -0.3 is 0 Å². The van der Waals surface area contributed by atoms with E-state index in [1.807, 2.05) is 0 Å². The van der Waals surface area contributed by atoms with Gasteiger partial charge >= 0.3 is 0 Å². The summed E-state index contributed by atoms with van der Waals surface area (Å²) in [4.78, 5) is 11.0. The number of carbonyl (C=O) groups is 1.